The molecule has 5 atom stereocenters. The van der Waals surface area contributed by atoms with Crippen molar-refractivity contribution in [2.24, 2.45) is 0 Å². The van der Waals surface area contributed by atoms with Crippen molar-refractivity contribution in [3.8, 4) is 0 Å². The lowest BCUT2D eigenvalue weighted by Crippen LogP contribution is -2.64. The minimum absolute atomic E-state index is 0.113. The van der Waals surface area contributed by atoms with Crippen LogP contribution >= 0.6 is 0 Å². The van der Waals surface area contributed by atoms with Crippen molar-refractivity contribution in [2.45, 2.75) is 30.6 Å². The monoisotopic (exact) mass is 274 g/mol. The molecule has 1 fully saturated rings. The van der Waals surface area contributed by atoms with Crippen molar-refractivity contribution in [1.82, 2.24) is 10.5 Å². The fourth-order valence-corrected chi connectivity index (χ4v) is 1.81. The maximum absolute atomic E-state index is 11.7. The number of aliphatic hydroxyl groups excluding tert-OH is 4. The minimum atomic E-state index is -1.57. The van der Waals surface area contributed by atoms with Gasteiger partial charge >= 0.3 is 0 Å². The van der Waals surface area contributed by atoms with E-state index in [1.165, 1.54) is 12.3 Å². The highest BCUT2D eigenvalue weighted by Crippen LogP contribution is 2.20. The summed E-state index contributed by atoms with van der Waals surface area (Å²) in [4.78, 5) is 11.7. The lowest BCUT2D eigenvalue weighted by Gasteiger charge is -2.40. The van der Waals surface area contributed by atoms with E-state index in [0.29, 0.717) is 0 Å². The van der Waals surface area contributed by atoms with Gasteiger partial charge in [0.1, 0.15) is 24.4 Å². The van der Waals surface area contributed by atoms with Crippen molar-refractivity contribution >= 4 is 5.91 Å². The number of nitrogens with one attached hydrogen (secondary N) is 1. The van der Waals surface area contributed by atoms with Crippen molar-refractivity contribution < 1.29 is 34.5 Å². The largest absolute Gasteiger partial charge is 0.394 e. The minimum Gasteiger partial charge on any atom is -0.394 e. The molecule has 0 radical (unpaired) electrons. The fraction of sp³-hybridized carbons (Fsp3) is 0.600. The highest BCUT2D eigenvalue weighted by atomic mass is 16.6. The van der Waals surface area contributed by atoms with Crippen LogP contribution in [0, 0.1) is 0 Å². The third-order valence-corrected chi connectivity index (χ3v) is 2.86. The zero-order valence-electron chi connectivity index (χ0n) is 9.71. The Balaban J connectivity index is 2.05. The molecule has 106 valence electrons. The summed E-state index contributed by atoms with van der Waals surface area (Å²) in [6, 6.07) is 0.0421. The molecule has 2 heterocycles. The van der Waals surface area contributed by atoms with Crippen LogP contribution in [0.25, 0.3) is 0 Å². The van der Waals surface area contributed by atoms with Gasteiger partial charge in [0.25, 0.3) is 5.91 Å². The lowest BCUT2D eigenvalue weighted by atomic mass is 9.97. The number of rotatable bonds is 3. The van der Waals surface area contributed by atoms with E-state index in [4.69, 9.17) is 9.84 Å². The Morgan fingerprint density at radius 1 is 1.37 bits per heavy atom. The van der Waals surface area contributed by atoms with E-state index >= 15 is 0 Å². The molecule has 1 aromatic heterocycles. The Morgan fingerprint density at radius 3 is 2.68 bits per heavy atom. The van der Waals surface area contributed by atoms with Gasteiger partial charge in [-0.25, -0.2) is 0 Å². The molecular formula is C10H14N2O7. The molecule has 0 unspecified atom stereocenters. The van der Waals surface area contributed by atoms with E-state index in [9.17, 15) is 20.1 Å². The van der Waals surface area contributed by atoms with Crippen LogP contribution in [0.5, 0.6) is 0 Å². The molecule has 0 aliphatic carbocycles. The molecule has 0 aromatic carbocycles. The first-order valence-electron chi connectivity index (χ1n) is 5.56. The first kappa shape index (κ1) is 13.9. The topological polar surface area (TPSA) is 145 Å². The Morgan fingerprint density at radius 2 is 2.11 bits per heavy atom. The number of carbonyl (C=O) groups is 1. The van der Waals surface area contributed by atoms with Crippen molar-refractivity contribution in [3.63, 3.8) is 0 Å². The molecule has 1 aliphatic heterocycles. The van der Waals surface area contributed by atoms with Gasteiger partial charge in [0.15, 0.2) is 6.29 Å². The highest BCUT2D eigenvalue weighted by Gasteiger charge is 2.44. The van der Waals surface area contributed by atoms with E-state index in [0.717, 1.165) is 0 Å². The molecule has 0 saturated carbocycles. The standard InChI is InChI=1S/C10H14N2O7/c13-3-5-7(14)8(15)6(10(17)18-5)12-9(16)4-1-2-11-19-4/h1-2,5-8,10,13-15,17H,3H2,(H,12,16)/t5-,6-,7-,8-,10-/m1/s1. The second-order valence-corrected chi connectivity index (χ2v) is 4.10. The number of hydrogen-bond acceptors (Lipinski definition) is 8. The van der Waals surface area contributed by atoms with Gasteiger partial charge in [-0.3, -0.25) is 4.79 Å². The average Bonchev–Trinajstić information content (AvgIpc) is 2.92. The summed E-state index contributed by atoms with van der Waals surface area (Å²) in [5, 5.41) is 43.6. The summed E-state index contributed by atoms with van der Waals surface area (Å²) >= 11 is 0. The van der Waals surface area contributed by atoms with E-state index in [2.05, 4.69) is 15.0 Å². The van der Waals surface area contributed by atoms with Gasteiger partial charge in [0.2, 0.25) is 5.76 Å². The summed E-state index contributed by atoms with van der Waals surface area (Å²) < 4.78 is 9.49. The number of aromatic nitrogens is 1. The second-order valence-electron chi connectivity index (χ2n) is 4.10. The molecule has 9 heteroatoms. The summed E-state index contributed by atoms with van der Waals surface area (Å²) in [5.74, 6) is -0.836. The molecule has 1 aromatic rings. The summed E-state index contributed by atoms with van der Waals surface area (Å²) in [6.07, 6.45) is -4.36. The molecular weight excluding hydrogens is 260 g/mol. The van der Waals surface area contributed by atoms with Gasteiger partial charge in [-0.15, -0.1) is 0 Å². The van der Waals surface area contributed by atoms with Crippen molar-refractivity contribution in [2.75, 3.05) is 6.61 Å². The van der Waals surface area contributed by atoms with E-state index in [1.54, 1.807) is 0 Å². The van der Waals surface area contributed by atoms with Crippen LogP contribution in [-0.2, 0) is 4.74 Å². The molecule has 0 spiro atoms. The number of ether oxygens (including phenoxy) is 1. The lowest BCUT2D eigenvalue weighted by molar-refractivity contribution is -0.252. The highest BCUT2D eigenvalue weighted by molar-refractivity contribution is 5.91. The van der Waals surface area contributed by atoms with Gasteiger partial charge in [-0.2, -0.15) is 0 Å². The van der Waals surface area contributed by atoms with Crippen LogP contribution in [0.4, 0.5) is 0 Å². The fourth-order valence-electron chi connectivity index (χ4n) is 1.81. The van der Waals surface area contributed by atoms with Crippen LogP contribution in [0.1, 0.15) is 10.6 Å². The maximum atomic E-state index is 11.7. The van der Waals surface area contributed by atoms with Crippen LogP contribution in [0.3, 0.4) is 0 Å². The summed E-state index contributed by atoms with van der Waals surface area (Å²) in [5.41, 5.74) is 0. The van der Waals surface area contributed by atoms with E-state index in [1.807, 2.05) is 0 Å². The third-order valence-electron chi connectivity index (χ3n) is 2.86. The molecule has 2 rings (SSSR count). The van der Waals surface area contributed by atoms with Gasteiger partial charge < -0.3 is 35.0 Å². The average molecular weight is 274 g/mol. The second kappa shape index (κ2) is 5.63. The number of aliphatic hydroxyl groups is 4. The zero-order chi connectivity index (χ0) is 14.0. The van der Waals surface area contributed by atoms with Gasteiger partial charge in [0, 0.05) is 6.07 Å². The van der Waals surface area contributed by atoms with Crippen LogP contribution < -0.4 is 5.32 Å². The number of amides is 1. The van der Waals surface area contributed by atoms with Crippen LogP contribution in [0.2, 0.25) is 0 Å². The maximum Gasteiger partial charge on any atom is 0.290 e. The van der Waals surface area contributed by atoms with Crippen LogP contribution in [-0.4, -0.2) is 68.7 Å². The Labute approximate surface area is 107 Å². The Bertz CT molecular complexity index is 424. The van der Waals surface area contributed by atoms with E-state index < -0.39 is 43.2 Å². The van der Waals surface area contributed by atoms with Gasteiger partial charge in [-0.05, 0) is 0 Å². The van der Waals surface area contributed by atoms with Gasteiger partial charge in [0.05, 0.1) is 12.8 Å². The molecule has 1 saturated heterocycles. The molecule has 9 nitrogen and oxygen atoms in total. The first-order chi connectivity index (χ1) is 9.04. The molecule has 0 bridgehead atoms. The number of carbonyl (C=O) groups excluding carboxylic acids is 1. The molecule has 1 amide bonds. The first-order valence-corrected chi connectivity index (χ1v) is 5.56. The summed E-state index contributed by atoms with van der Waals surface area (Å²) in [6.45, 7) is -0.571. The van der Waals surface area contributed by atoms with Gasteiger partial charge in [-0.1, -0.05) is 5.16 Å². The summed E-state index contributed by atoms with van der Waals surface area (Å²) in [7, 11) is 0. The molecule has 19 heavy (non-hydrogen) atoms. The normalized spacial score (nSPS) is 35.1. The van der Waals surface area contributed by atoms with Crippen molar-refractivity contribution in [1.29, 1.82) is 0 Å². The zero-order valence-corrected chi connectivity index (χ0v) is 9.71. The predicted molar refractivity (Wildman–Crippen MR) is 57.7 cm³/mol. The molecule has 5 N–H and O–H groups in total. The quantitative estimate of drug-likeness (QED) is 0.397. The smallest absolute Gasteiger partial charge is 0.290 e. The van der Waals surface area contributed by atoms with E-state index in [-0.39, 0.29) is 5.76 Å². The third kappa shape index (κ3) is 2.74. The SMILES string of the molecule is O=C(N[C@@H]1[C@@H](O)[C@H](O)[C@@H](CO)O[C@H]1O)c1ccno1. The number of nitrogens with zero attached hydrogens (tertiary/aromatic N) is 1. The number of hydrogen-bond donors (Lipinski definition) is 5. The Kier molecular flexibility index (Phi) is 4.12. The predicted octanol–water partition coefficient (Wildman–Crippen LogP) is -2.80. The molecule has 1 aliphatic rings. The Hall–Kier alpha value is -1.52. The van der Waals surface area contributed by atoms with Crippen LogP contribution in [0.15, 0.2) is 16.8 Å². The van der Waals surface area contributed by atoms with Crippen molar-refractivity contribution in [3.05, 3.63) is 18.0 Å².